The van der Waals surface area contributed by atoms with Gasteiger partial charge in [0.1, 0.15) is 0 Å². The number of carbonyl (C=O) groups is 1. The lowest BCUT2D eigenvalue weighted by molar-refractivity contribution is -0.134. The fourth-order valence-corrected chi connectivity index (χ4v) is 1.94. The van der Waals surface area contributed by atoms with Crippen LogP contribution < -0.4 is 0 Å². The van der Waals surface area contributed by atoms with E-state index in [2.05, 4.69) is 15.9 Å². The maximum atomic E-state index is 11.8. The molecule has 5 heteroatoms. The SMILES string of the molecule is CC(C(=O)N(C)C)N1CCN(CC#N)CC1. The molecular formula is C11H20N4O. The number of likely N-dealkylation sites (N-methyl/N-ethyl adjacent to an activating group) is 1. The highest BCUT2D eigenvalue weighted by Crippen LogP contribution is 2.07. The van der Waals surface area contributed by atoms with E-state index in [1.807, 2.05) is 6.92 Å². The van der Waals surface area contributed by atoms with Gasteiger partial charge in [-0.3, -0.25) is 14.6 Å². The average molecular weight is 224 g/mol. The third-order valence-electron chi connectivity index (χ3n) is 3.05. The Morgan fingerprint density at radius 3 is 2.38 bits per heavy atom. The summed E-state index contributed by atoms with van der Waals surface area (Å²) in [6.07, 6.45) is 0. The third kappa shape index (κ3) is 3.19. The molecule has 1 saturated heterocycles. The molecule has 1 atom stereocenters. The number of amides is 1. The summed E-state index contributed by atoms with van der Waals surface area (Å²) in [6, 6.07) is 2.10. The van der Waals surface area contributed by atoms with Crippen LogP contribution in [0.4, 0.5) is 0 Å². The number of carbonyl (C=O) groups excluding carboxylic acids is 1. The monoisotopic (exact) mass is 224 g/mol. The zero-order valence-corrected chi connectivity index (χ0v) is 10.3. The molecule has 0 radical (unpaired) electrons. The Morgan fingerprint density at radius 2 is 1.94 bits per heavy atom. The lowest BCUT2D eigenvalue weighted by Crippen LogP contribution is -2.53. The van der Waals surface area contributed by atoms with Crippen LogP contribution >= 0.6 is 0 Å². The minimum Gasteiger partial charge on any atom is -0.347 e. The van der Waals surface area contributed by atoms with Gasteiger partial charge in [-0.2, -0.15) is 5.26 Å². The van der Waals surface area contributed by atoms with E-state index in [0.717, 1.165) is 26.2 Å². The molecule has 16 heavy (non-hydrogen) atoms. The Balaban J connectivity index is 2.42. The van der Waals surface area contributed by atoms with Crippen molar-refractivity contribution in [2.24, 2.45) is 0 Å². The molecule has 1 heterocycles. The van der Waals surface area contributed by atoms with Gasteiger partial charge in [-0.05, 0) is 6.92 Å². The van der Waals surface area contributed by atoms with Gasteiger partial charge in [0.05, 0.1) is 18.7 Å². The van der Waals surface area contributed by atoms with Crippen LogP contribution in [0.25, 0.3) is 0 Å². The van der Waals surface area contributed by atoms with Crippen LogP contribution in [-0.4, -0.2) is 73.5 Å². The topological polar surface area (TPSA) is 50.6 Å². The van der Waals surface area contributed by atoms with Crippen molar-refractivity contribution in [1.29, 1.82) is 5.26 Å². The second kappa shape index (κ2) is 5.83. The quantitative estimate of drug-likeness (QED) is 0.612. The summed E-state index contributed by atoms with van der Waals surface area (Å²) in [7, 11) is 3.57. The molecule has 1 amide bonds. The second-order valence-electron chi connectivity index (χ2n) is 4.38. The number of rotatable bonds is 3. The van der Waals surface area contributed by atoms with E-state index in [9.17, 15) is 4.79 Å². The molecule has 90 valence electrons. The Kier molecular flexibility index (Phi) is 4.71. The Hall–Kier alpha value is -1.12. The molecule has 0 aromatic heterocycles. The fraction of sp³-hybridized carbons (Fsp3) is 0.818. The lowest BCUT2D eigenvalue weighted by atomic mass is 10.2. The van der Waals surface area contributed by atoms with Crippen molar-refractivity contribution in [3.8, 4) is 6.07 Å². The molecule has 1 aliphatic rings. The fourth-order valence-electron chi connectivity index (χ4n) is 1.94. The van der Waals surface area contributed by atoms with Crippen molar-refractivity contribution in [2.45, 2.75) is 13.0 Å². The van der Waals surface area contributed by atoms with Gasteiger partial charge in [0, 0.05) is 40.3 Å². The number of nitriles is 1. The van der Waals surface area contributed by atoms with Gasteiger partial charge in [-0.15, -0.1) is 0 Å². The Morgan fingerprint density at radius 1 is 1.38 bits per heavy atom. The first-order valence-corrected chi connectivity index (χ1v) is 5.60. The zero-order valence-electron chi connectivity index (χ0n) is 10.3. The predicted molar refractivity (Wildman–Crippen MR) is 61.8 cm³/mol. The number of nitrogens with zero attached hydrogens (tertiary/aromatic N) is 4. The number of hydrogen-bond acceptors (Lipinski definition) is 4. The van der Waals surface area contributed by atoms with E-state index >= 15 is 0 Å². The Bertz CT molecular complexity index is 276. The van der Waals surface area contributed by atoms with Gasteiger partial charge >= 0.3 is 0 Å². The summed E-state index contributed by atoms with van der Waals surface area (Å²) >= 11 is 0. The summed E-state index contributed by atoms with van der Waals surface area (Å²) in [4.78, 5) is 17.7. The molecule has 1 unspecified atom stereocenters. The van der Waals surface area contributed by atoms with Gasteiger partial charge < -0.3 is 4.90 Å². The summed E-state index contributed by atoms with van der Waals surface area (Å²) < 4.78 is 0. The van der Waals surface area contributed by atoms with Crippen molar-refractivity contribution in [3.63, 3.8) is 0 Å². The molecule has 1 fully saturated rings. The standard InChI is InChI=1S/C11H20N4O/c1-10(11(16)13(2)3)15-8-6-14(5-4-12)7-9-15/h10H,5-9H2,1-3H3. The molecule has 0 aromatic carbocycles. The first-order valence-electron chi connectivity index (χ1n) is 5.60. The maximum Gasteiger partial charge on any atom is 0.239 e. The van der Waals surface area contributed by atoms with Gasteiger partial charge in [0.25, 0.3) is 0 Å². The number of hydrogen-bond donors (Lipinski definition) is 0. The normalized spacial score (nSPS) is 20.1. The smallest absolute Gasteiger partial charge is 0.239 e. The van der Waals surface area contributed by atoms with Crippen LogP contribution in [0.15, 0.2) is 0 Å². The second-order valence-corrected chi connectivity index (χ2v) is 4.38. The van der Waals surface area contributed by atoms with Crippen molar-refractivity contribution in [3.05, 3.63) is 0 Å². The van der Waals surface area contributed by atoms with Gasteiger partial charge in [0.15, 0.2) is 0 Å². The number of piperazine rings is 1. The molecule has 1 rings (SSSR count). The molecule has 0 spiro atoms. The van der Waals surface area contributed by atoms with Crippen LogP contribution in [0.3, 0.4) is 0 Å². The van der Waals surface area contributed by atoms with E-state index in [-0.39, 0.29) is 11.9 Å². The third-order valence-corrected chi connectivity index (χ3v) is 3.05. The van der Waals surface area contributed by atoms with Crippen LogP contribution in [0.2, 0.25) is 0 Å². The van der Waals surface area contributed by atoms with Crippen molar-refractivity contribution in [2.75, 3.05) is 46.8 Å². The summed E-state index contributed by atoms with van der Waals surface area (Å²) in [5.41, 5.74) is 0. The van der Waals surface area contributed by atoms with Crippen LogP contribution in [-0.2, 0) is 4.79 Å². The summed E-state index contributed by atoms with van der Waals surface area (Å²) in [6.45, 7) is 5.91. The average Bonchev–Trinajstić information content (AvgIpc) is 2.28. The molecule has 0 saturated carbocycles. The van der Waals surface area contributed by atoms with E-state index < -0.39 is 0 Å². The first-order chi connectivity index (χ1) is 7.56. The summed E-state index contributed by atoms with van der Waals surface area (Å²) in [5.74, 6) is 0.147. The molecule has 0 aromatic rings. The lowest BCUT2D eigenvalue weighted by Gasteiger charge is -2.37. The van der Waals surface area contributed by atoms with E-state index in [0.29, 0.717) is 6.54 Å². The van der Waals surface area contributed by atoms with Crippen LogP contribution in [0, 0.1) is 11.3 Å². The highest BCUT2D eigenvalue weighted by Gasteiger charge is 2.25. The van der Waals surface area contributed by atoms with Crippen molar-refractivity contribution >= 4 is 5.91 Å². The molecule has 0 aliphatic carbocycles. The maximum absolute atomic E-state index is 11.8. The minimum absolute atomic E-state index is 0.0563. The minimum atomic E-state index is -0.0563. The molecule has 0 bridgehead atoms. The Labute approximate surface area is 97.2 Å². The highest BCUT2D eigenvalue weighted by molar-refractivity contribution is 5.80. The van der Waals surface area contributed by atoms with Crippen LogP contribution in [0.5, 0.6) is 0 Å². The van der Waals surface area contributed by atoms with Crippen molar-refractivity contribution < 1.29 is 4.79 Å². The zero-order chi connectivity index (χ0) is 12.1. The van der Waals surface area contributed by atoms with Crippen LogP contribution in [0.1, 0.15) is 6.92 Å². The molecule has 1 aliphatic heterocycles. The van der Waals surface area contributed by atoms with Gasteiger partial charge in [0.2, 0.25) is 5.91 Å². The molecule has 5 nitrogen and oxygen atoms in total. The first kappa shape index (κ1) is 12.9. The van der Waals surface area contributed by atoms with Crippen molar-refractivity contribution in [1.82, 2.24) is 14.7 Å². The van der Waals surface area contributed by atoms with Gasteiger partial charge in [-0.25, -0.2) is 0 Å². The van der Waals surface area contributed by atoms with Gasteiger partial charge in [-0.1, -0.05) is 0 Å². The van der Waals surface area contributed by atoms with E-state index in [4.69, 9.17) is 5.26 Å². The molecular weight excluding hydrogens is 204 g/mol. The van der Waals surface area contributed by atoms with E-state index in [1.54, 1.807) is 19.0 Å². The highest BCUT2D eigenvalue weighted by atomic mass is 16.2. The molecule has 0 N–H and O–H groups in total. The summed E-state index contributed by atoms with van der Waals surface area (Å²) in [5, 5.41) is 8.59. The predicted octanol–water partition coefficient (Wildman–Crippen LogP) is -0.396. The largest absolute Gasteiger partial charge is 0.347 e. The van der Waals surface area contributed by atoms with E-state index in [1.165, 1.54) is 0 Å².